The summed E-state index contributed by atoms with van der Waals surface area (Å²) in [5.41, 5.74) is 2.92. The molecule has 0 aliphatic rings. The van der Waals surface area contributed by atoms with Gasteiger partial charge in [0.15, 0.2) is 0 Å². The quantitative estimate of drug-likeness (QED) is 0.422. The Labute approximate surface area is 181 Å². The molecule has 31 heavy (non-hydrogen) atoms. The molecule has 4 aromatic rings. The number of H-pyrrole nitrogens is 1. The standard InChI is InChI=1S/C24H24N2O4S/c1-16-12-13-19-20(23(25-21(19)15-16)24(27)26-31(2,28)29)10-6-14-30-22-11-5-8-17-7-3-4-9-18(17)22/h3-5,7-9,11-13,15,25H,6,10,14H2,1-2H3,(H,26,27). The zero-order valence-corrected chi connectivity index (χ0v) is 18.3. The van der Waals surface area contributed by atoms with E-state index in [1.54, 1.807) is 0 Å². The minimum absolute atomic E-state index is 0.274. The molecule has 0 atom stereocenters. The molecule has 1 amide bonds. The number of fused-ring (bicyclic) bond motifs is 2. The van der Waals surface area contributed by atoms with Crippen LogP contribution in [0.2, 0.25) is 0 Å². The van der Waals surface area contributed by atoms with Crippen molar-refractivity contribution in [3.8, 4) is 5.75 Å². The molecule has 0 aliphatic heterocycles. The molecule has 160 valence electrons. The third kappa shape index (κ3) is 4.72. The Morgan fingerprint density at radius 1 is 1.03 bits per heavy atom. The van der Waals surface area contributed by atoms with E-state index in [0.29, 0.717) is 19.4 Å². The van der Waals surface area contributed by atoms with Gasteiger partial charge in [-0.3, -0.25) is 4.79 Å². The fourth-order valence-electron chi connectivity index (χ4n) is 3.79. The molecule has 3 aromatic carbocycles. The zero-order valence-electron chi connectivity index (χ0n) is 17.4. The third-order valence-corrected chi connectivity index (χ3v) is 5.70. The van der Waals surface area contributed by atoms with Crippen LogP contribution in [-0.4, -0.2) is 32.2 Å². The maximum Gasteiger partial charge on any atom is 0.281 e. The molecule has 0 spiro atoms. The van der Waals surface area contributed by atoms with Crippen molar-refractivity contribution in [2.24, 2.45) is 0 Å². The number of aromatic amines is 1. The van der Waals surface area contributed by atoms with E-state index in [1.807, 2.05) is 67.6 Å². The highest BCUT2D eigenvalue weighted by Gasteiger charge is 2.20. The number of rotatable bonds is 7. The summed E-state index contributed by atoms with van der Waals surface area (Å²) in [6.07, 6.45) is 2.21. The average molecular weight is 437 g/mol. The third-order valence-electron chi connectivity index (χ3n) is 5.15. The van der Waals surface area contributed by atoms with E-state index in [2.05, 4.69) is 9.71 Å². The number of hydrogen-bond acceptors (Lipinski definition) is 4. The van der Waals surface area contributed by atoms with Crippen LogP contribution in [0.4, 0.5) is 0 Å². The molecule has 0 unspecified atom stereocenters. The molecule has 0 bridgehead atoms. The van der Waals surface area contributed by atoms with E-state index in [-0.39, 0.29) is 5.69 Å². The lowest BCUT2D eigenvalue weighted by Crippen LogP contribution is -2.30. The van der Waals surface area contributed by atoms with Gasteiger partial charge in [0.05, 0.1) is 12.9 Å². The van der Waals surface area contributed by atoms with Crippen LogP contribution in [0, 0.1) is 6.92 Å². The molecule has 0 radical (unpaired) electrons. The monoisotopic (exact) mass is 436 g/mol. The zero-order chi connectivity index (χ0) is 22.0. The van der Waals surface area contributed by atoms with E-state index in [9.17, 15) is 13.2 Å². The number of sulfonamides is 1. The van der Waals surface area contributed by atoms with Gasteiger partial charge in [0, 0.05) is 16.3 Å². The molecule has 0 saturated carbocycles. The second-order valence-electron chi connectivity index (χ2n) is 7.66. The number of hydrogen-bond donors (Lipinski definition) is 2. The van der Waals surface area contributed by atoms with Gasteiger partial charge in [0.2, 0.25) is 10.0 Å². The number of carbonyl (C=O) groups is 1. The van der Waals surface area contributed by atoms with Crippen molar-refractivity contribution in [3.63, 3.8) is 0 Å². The van der Waals surface area contributed by atoms with Gasteiger partial charge in [-0.25, -0.2) is 13.1 Å². The molecule has 2 N–H and O–H groups in total. The lowest BCUT2D eigenvalue weighted by Gasteiger charge is -2.10. The molecule has 1 heterocycles. The summed E-state index contributed by atoms with van der Waals surface area (Å²) in [6.45, 7) is 2.44. The SMILES string of the molecule is Cc1ccc2c(CCCOc3cccc4ccccc34)c(C(=O)NS(C)(=O)=O)[nH]c2c1. The lowest BCUT2D eigenvalue weighted by molar-refractivity contribution is 0.0976. The van der Waals surface area contributed by atoms with E-state index in [4.69, 9.17) is 4.74 Å². The first-order valence-electron chi connectivity index (χ1n) is 10.1. The van der Waals surface area contributed by atoms with Crippen LogP contribution in [0.5, 0.6) is 5.75 Å². The van der Waals surface area contributed by atoms with Gasteiger partial charge >= 0.3 is 0 Å². The molecular formula is C24H24N2O4S. The molecular weight excluding hydrogens is 412 g/mol. The number of amides is 1. The Kier molecular flexibility index (Phi) is 5.69. The predicted octanol–water partition coefficient (Wildman–Crippen LogP) is 4.33. The van der Waals surface area contributed by atoms with Crippen LogP contribution in [0.3, 0.4) is 0 Å². The van der Waals surface area contributed by atoms with Gasteiger partial charge in [-0.15, -0.1) is 0 Å². The van der Waals surface area contributed by atoms with Crippen molar-refractivity contribution in [2.75, 3.05) is 12.9 Å². The highest BCUT2D eigenvalue weighted by Crippen LogP contribution is 2.27. The Morgan fingerprint density at radius 3 is 2.61 bits per heavy atom. The summed E-state index contributed by atoms with van der Waals surface area (Å²) in [4.78, 5) is 15.7. The largest absolute Gasteiger partial charge is 0.493 e. The molecule has 0 fully saturated rings. The smallest absolute Gasteiger partial charge is 0.281 e. The molecule has 1 aromatic heterocycles. The Hall–Kier alpha value is -3.32. The van der Waals surface area contributed by atoms with Crippen LogP contribution in [0.25, 0.3) is 21.7 Å². The Balaban J connectivity index is 1.54. The second kappa shape index (κ2) is 8.43. The first-order chi connectivity index (χ1) is 14.8. The van der Waals surface area contributed by atoms with Crippen molar-refractivity contribution in [2.45, 2.75) is 19.8 Å². The van der Waals surface area contributed by atoms with E-state index in [1.165, 1.54) is 0 Å². The molecule has 4 rings (SSSR count). The summed E-state index contributed by atoms with van der Waals surface area (Å²) in [6, 6.07) is 19.9. The number of ether oxygens (including phenoxy) is 1. The van der Waals surface area contributed by atoms with Crippen LogP contribution in [0.1, 0.15) is 28.0 Å². The van der Waals surface area contributed by atoms with Crippen LogP contribution in [0.15, 0.2) is 60.7 Å². The first kappa shape index (κ1) is 20.9. The fraction of sp³-hybridized carbons (Fsp3) is 0.208. The Morgan fingerprint density at radius 2 is 1.81 bits per heavy atom. The summed E-state index contributed by atoms with van der Waals surface area (Å²) in [7, 11) is -3.66. The topological polar surface area (TPSA) is 88.3 Å². The number of benzene rings is 3. The van der Waals surface area contributed by atoms with Crippen molar-refractivity contribution >= 4 is 37.6 Å². The van der Waals surface area contributed by atoms with E-state index < -0.39 is 15.9 Å². The highest BCUT2D eigenvalue weighted by atomic mass is 32.2. The maximum atomic E-state index is 12.6. The minimum atomic E-state index is -3.66. The average Bonchev–Trinajstić information content (AvgIpc) is 3.08. The number of aryl methyl sites for hydroxylation is 2. The van der Waals surface area contributed by atoms with Crippen molar-refractivity contribution in [1.82, 2.24) is 9.71 Å². The van der Waals surface area contributed by atoms with Gasteiger partial charge in [-0.1, -0.05) is 48.5 Å². The van der Waals surface area contributed by atoms with Crippen molar-refractivity contribution < 1.29 is 17.9 Å². The predicted molar refractivity (Wildman–Crippen MR) is 123 cm³/mol. The minimum Gasteiger partial charge on any atom is -0.493 e. The first-order valence-corrected chi connectivity index (χ1v) is 11.9. The summed E-state index contributed by atoms with van der Waals surface area (Å²) in [5, 5.41) is 3.09. The number of aromatic nitrogens is 1. The van der Waals surface area contributed by atoms with Gasteiger partial charge in [0.1, 0.15) is 11.4 Å². The van der Waals surface area contributed by atoms with Gasteiger partial charge in [-0.2, -0.15) is 0 Å². The maximum absolute atomic E-state index is 12.6. The Bertz CT molecular complexity index is 1370. The summed E-state index contributed by atoms with van der Waals surface area (Å²) < 4.78 is 31.2. The van der Waals surface area contributed by atoms with Gasteiger partial charge in [0.25, 0.3) is 5.91 Å². The summed E-state index contributed by atoms with van der Waals surface area (Å²) in [5.74, 6) is 0.170. The van der Waals surface area contributed by atoms with E-state index >= 15 is 0 Å². The fourth-order valence-corrected chi connectivity index (χ4v) is 4.23. The molecule has 7 heteroatoms. The normalized spacial score (nSPS) is 11.7. The van der Waals surface area contributed by atoms with Gasteiger partial charge < -0.3 is 9.72 Å². The van der Waals surface area contributed by atoms with Crippen molar-refractivity contribution in [1.29, 1.82) is 0 Å². The lowest BCUT2D eigenvalue weighted by atomic mass is 10.0. The van der Waals surface area contributed by atoms with E-state index in [0.717, 1.165) is 44.8 Å². The molecule has 6 nitrogen and oxygen atoms in total. The van der Waals surface area contributed by atoms with Crippen LogP contribution >= 0.6 is 0 Å². The molecule has 0 aliphatic carbocycles. The number of carbonyl (C=O) groups excluding carboxylic acids is 1. The second-order valence-corrected chi connectivity index (χ2v) is 9.41. The molecule has 0 saturated heterocycles. The summed E-state index contributed by atoms with van der Waals surface area (Å²) >= 11 is 0. The van der Waals surface area contributed by atoms with Crippen molar-refractivity contribution in [3.05, 3.63) is 77.5 Å². The van der Waals surface area contributed by atoms with Crippen LogP contribution < -0.4 is 9.46 Å². The highest BCUT2D eigenvalue weighted by molar-refractivity contribution is 7.89. The number of nitrogens with one attached hydrogen (secondary N) is 2. The van der Waals surface area contributed by atoms with Gasteiger partial charge in [-0.05, 0) is 48.4 Å². The van der Waals surface area contributed by atoms with Crippen LogP contribution in [-0.2, 0) is 16.4 Å².